The minimum atomic E-state index is -1.17. The standard InChI is InChI=1S/C30H30N6O5/c1-2-40-21-11-6-9-19(13-21)29(39)35-24-26(38)23(15-37)41-30(24)36-17-34-25-27(32-16-33-28(25)36)31-14-20-10-5-8-18-7-3-4-12-22(18)20/h3-13,16-17,23-24,26,30,37-38H,2,14-15H2,1H3,(H,35,39)(H,31,32,33)/t23-,24-,26-,30-/m1/s1. The molecule has 11 nitrogen and oxygen atoms in total. The van der Waals surface area contributed by atoms with Crippen LogP contribution in [0.1, 0.15) is 29.1 Å². The zero-order valence-corrected chi connectivity index (χ0v) is 22.3. The lowest BCUT2D eigenvalue weighted by Gasteiger charge is -2.23. The molecule has 3 aromatic carbocycles. The molecule has 1 aliphatic heterocycles. The Morgan fingerprint density at radius 2 is 1.90 bits per heavy atom. The van der Waals surface area contributed by atoms with Gasteiger partial charge in [-0.1, -0.05) is 48.5 Å². The number of hydrogen-bond acceptors (Lipinski definition) is 9. The quantitative estimate of drug-likeness (QED) is 0.216. The van der Waals surface area contributed by atoms with E-state index in [1.807, 2.05) is 25.1 Å². The molecule has 1 amide bonds. The maximum absolute atomic E-state index is 13.2. The van der Waals surface area contributed by atoms with Crippen LogP contribution in [-0.2, 0) is 11.3 Å². The van der Waals surface area contributed by atoms with E-state index in [2.05, 4.69) is 49.9 Å². The van der Waals surface area contributed by atoms with E-state index in [1.54, 1.807) is 28.8 Å². The van der Waals surface area contributed by atoms with Gasteiger partial charge in [-0.25, -0.2) is 15.0 Å². The fourth-order valence-electron chi connectivity index (χ4n) is 5.21. The third kappa shape index (κ3) is 5.18. The number of fused-ring (bicyclic) bond motifs is 2. The number of aromatic nitrogens is 4. The molecule has 41 heavy (non-hydrogen) atoms. The third-order valence-electron chi connectivity index (χ3n) is 7.21. The van der Waals surface area contributed by atoms with Gasteiger partial charge in [0.1, 0.15) is 30.3 Å². The molecule has 0 spiro atoms. The Labute approximate surface area is 235 Å². The van der Waals surface area contributed by atoms with Gasteiger partial charge >= 0.3 is 0 Å². The topological polar surface area (TPSA) is 144 Å². The van der Waals surface area contributed by atoms with Gasteiger partial charge in [0.15, 0.2) is 23.2 Å². The van der Waals surface area contributed by atoms with Crippen molar-refractivity contribution in [1.82, 2.24) is 24.8 Å². The van der Waals surface area contributed by atoms with Crippen molar-refractivity contribution in [3.05, 3.63) is 90.5 Å². The molecule has 210 valence electrons. The van der Waals surface area contributed by atoms with Gasteiger partial charge in [0.05, 0.1) is 19.5 Å². The first-order chi connectivity index (χ1) is 20.1. The number of nitrogens with zero attached hydrogens (tertiary/aromatic N) is 4. The molecular weight excluding hydrogens is 524 g/mol. The molecule has 6 rings (SSSR count). The van der Waals surface area contributed by atoms with Gasteiger partial charge in [-0.05, 0) is 41.5 Å². The van der Waals surface area contributed by atoms with Crippen LogP contribution < -0.4 is 15.4 Å². The SMILES string of the molecule is CCOc1cccc(C(=O)N[C@@H]2[C@H](O)[C@@H](CO)O[C@H]2n2cnc3c(NCc4cccc5ccccc45)ncnc32)c1. The molecule has 0 aliphatic carbocycles. The number of rotatable bonds is 9. The van der Waals surface area contributed by atoms with Crippen LogP contribution in [0.15, 0.2) is 79.4 Å². The second kappa shape index (κ2) is 11.5. The highest BCUT2D eigenvalue weighted by atomic mass is 16.5. The van der Waals surface area contributed by atoms with Crippen molar-refractivity contribution in [2.24, 2.45) is 0 Å². The summed E-state index contributed by atoms with van der Waals surface area (Å²) in [5, 5.41) is 29.4. The summed E-state index contributed by atoms with van der Waals surface area (Å²) < 4.78 is 13.2. The fourth-order valence-corrected chi connectivity index (χ4v) is 5.21. The molecule has 11 heteroatoms. The Morgan fingerprint density at radius 3 is 2.76 bits per heavy atom. The number of ether oxygens (including phenoxy) is 2. The van der Waals surface area contributed by atoms with E-state index in [4.69, 9.17) is 9.47 Å². The molecule has 1 saturated heterocycles. The van der Waals surface area contributed by atoms with Gasteiger partial charge in [0.25, 0.3) is 5.91 Å². The van der Waals surface area contributed by atoms with Crippen molar-refractivity contribution >= 4 is 33.7 Å². The number of imidazole rings is 1. The molecule has 0 unspecified atom stereocenters. The number of carbonyl (C=O) groups is 1. The molecule has 0 saturated carbocycles. The van der Waals surface area contributed by atoms with Crippen molar-refractivity contribution in [3.8, 4) is 5.75 Å². The Hall–Kier alpha value is -4.58. The van der Waals surface area contributed by atoms with Crippen molar-refractivity contribution in [2.75, 3.05) is 18.5 Å². The van der Waals surface area contributed by atoms with Crippen LogP contribution in [-0.4, -0.2) is 67.1 Å². The van der Waals surface area contributed by atoms with E-state index in [1.165, 1.54) is 12.7 Å². The van der Waals surface area contributed by atoms with Gasteiger partial charge in [-0.3, -0.25) is 9.36 Å². The van der Waals surface area contributed by atoms with Crippen LogP contribution in [0.2, 0.25) is 0 Å². The monoisotopic (exact) mass is 554 g/mol. The Kier molecular flexibility index (Phi) is 7.47. The van der Waals surface area contributed by atoms with E-state index in [0.29, 0.717) is 41.4 Å². The number of aliphatic hydroxyl groups is 2. The van der Waals surface area contributed by atoms with E-state index in [9.17, 15) is 15.0 Å². The molecule has 5 aromatic rings. The first kappa shape index (κ1) is 26.6. The number of anilines is 1. The van der Waals surface area contributed by atoms with Gasteiger partial charge in [-0.2, -0.15) is 0 Å². The van der Waals surface area contributed by atoms with Gasteiger partial charge in [0, 0.05) is 12.1 Å². The summed E-state index contributed by atoms with van der Waals surface area (Å²) in [6.45, 7) is 2.42. The minimum Gasteiger partial charge on any atom is -0.494 e. The van der Waals surface area contributed by atoms with Crippen LogP contribution in [0, 0.1) is 0 Å². The number of amides is 1. The number of nitrogens with one attached hydrogen (secondary N) is 2. The number of carbonyl (C=O) groups excluding carboxylic acids is 1. The molecule has 3 heterocycles. The summed E-state index contributed by atoms with van der Waals surface area (Å²) in [6.07, 6.45) is -0.00941. The normalized spacial score (nSPS) is 20.4. The summed E-state index contributed by atoms with van der Waals surface area (Å²) in [5.41, 5.74) is 2.44. The van der Waals surface area contributed by atoms with Crippen molar-refractivity contribution in [3.63, 3.8) is 0 Å². The summed E-state index contributed by atoms with van der Waals surface area (Å²) in [5.74, 6) is 0.681. The number of aliphatic hydroxyl groups excluding tert-OH is 2. The predicted octanol–water partition coefficient (Wildman–Crippen LogP) is 3.04. The zero-order chi connectivity index (χ0) is 28.3. The van der Waals surface area contributed by atoms with Crippen LogP contribution in [0.3, 0.4) is 0 Å². The van der Waals surface area contributed by atoms with Crippen molar-refractivity contribution < 1.29 is 24.5 Å². The van der Waals surface area contributed by atoms with Gasteiger partial charge < -0.3 is 30.3 Å². The number of hydrogen-bond donors (Lipinski definition) is 4. The summed E-state index contributed by atoms with van der Waals surface area (Å²) in [7, 11) is 0. The molecule has 1 aliphatic rings. The van der Waals surface area contributed by atoms with Gasteiger partial charge in [0.2, 0.25) is 0 Å². The van der Waals surface area contributed by atoms with Crippen molar-refractivity contribution in [2.45, 2.75) is 37.9 Å². The second-order valence-electron chi connectivity index (χ2n) is 9.74. The highest BCUT2D eigenvalue weighted by molar-refractivity contribution is 5.95. The van der Waals surface area contributed by atoms with E-state index < -0.39 is 37.0 Å². The lowest BCUT2D eigenvalue weighted by atomic mass is 10.0. The highest BCUT2D eigenvalue weighted by Crippen LogP contribution is 2.33. The van der Waals surface area contributed by atoms with E-state index >= 15 is 0 Å². The van der Waals surface area contributed by atoms with Crippen LogP contribution in [0.4, 0.5) is 5.82 Å². The Balaban J connectivity index is 1.27. The molecule has 1 fully saturated rings. The zero-order valence-electron chi connectivity index (χ0n) is 22.3. The minimum absolute atomic E-state index is 0.368. The van der Waals surface area contributed by atoms with E-state index in [-0.39, 0.29) is 0 Å². The van der Waals surface area contributed by atoms with Crippen molar-refractivity contribution in [1.29, 1.82) is 0 Å². The maximum Gasteiger partial charge on any atom is 0.251 e. The summed E-state index contributed by atoms with van der Waals surface area (Å²) >= 11 is 0. The lowest BCUT2D eigenvalue weighted by molar-refractivity contribution is -0.0440. The summed E-state index contributed by atoms with van der Waals surface area (Å²) in [4.78, 5) is 26.6. The molecule has 4 atom stereocenters. The largest absolute Gasteiger partial charge is 0.494 e. The Bertz CT molecular complexity index is 1690. The molecule has 0 bridgehead atoms. The average Bonchev–Trinajstić information content (AvgIpc) is 3.57. The highest BCUT2D eigenvalue weighted by Gasteiger charge is 2.46. The predicted molar refractivity (Wildman–Crippen MR) is 152 cm³/mol. The van der Waals surface area contributed by atoms with Crippen LogP contribution in [0.5, 0.6) is 5.75 Å². The van der Waals surface area contributed by atoms with Gasteiger partial charge in [-0.15, -0.1) is 0 Å². The molecule has 0 radical (unpaired) electrons. The smallest absolute Gasteiger partial charge is 0.251 e. The first-order valence-electron chi connectivity index (χ1n) is 13.4. The van der Waals surface area contributed by atoms with Crippen LogP contribution in [0.25, 0.3) is 21.9 Å². The Morgan fingerprint density at radius 1 is 1.07 bits per heavy atom. The maximum atomic E-state index is 13.2. The lowest BCUT2D eigenvalue weighted by Crippen LogP contribution is -2.46. The molecule has 4 N–H and O–H groups in total. The fraction of sp³-hybridized carbons (Fsp3) is 0.267. The van der Waals surface area contributed by atoms with Crippen LogP contribution >= 0.6 is 0 Å². The second-order valence-corrected chi connectivity index (χ2v) is 9.74. The average molecular weight is 555 g/mol. The summed E-state index contributed by atoms with van der Waals surface area (Å²) in [6, 6.07) is 20.2. The molecular formula is C30H30N6O5. The first-order valence-corrected chi connectivity index (χ1v) is 13.4. The third-order valence-corrected chi connectivity index (χ3v) is 7.21. The molecule has 2 aromatic heterocycles. The van der Waals surface area contributed by atoms with E-state index in [0.717, 1.165) is 16.3 Å². The number of benzene rings is 3.